The van der Waals surface area contributed by atoms with E-state index in [1.165, 1.54) is 35.2 Å². The summed E-state index contributed by atoms with van der Waals surface area (Å²) in [5.74, 6) is 0.118. The van der Waals surface area contributed by atoms with Gasteiger partial charge in [-0.25, -0.2) is 4.98 Å². The van der Waals surface area contributed by atoms with Crippen LogP contribution < -0.4 is 5.32 Å². The second-order valence-corrected chi connectivity index (χ2v) is 6.66. The predicted octanol–water partition coefficient (Wildman–Crippen LogP) is 3.94. The van der Waals surface area contributed by atoms with Crippen molar-refractivity contribution in [2.45, 2.75) is 4.90 Å². The molecule has 1 N–H and O–H groups in total. The van der Waals surface area contributed by atoms with Gasteiger partial charge in [0, 0.05) is 17.0 Å². The summed E-state index contributed by atoms with van der Waals surface area (Å²) in [6, 6.07) is 14.1. The van der Waals surface area contributed by atoms with Crippen LogP contribution in [0.1, 0.15) is 0 Å². The van der Waals surface area contributed by atoms with Crippen LogP contribution in [-0.4, -0.2) is 21.6 Å². The smallest absolute Gasteiger partial charge is 0.271 e. The van der Waals surface area contributed by atoms with E-state index < -0.39 is 4.92 Å². The molecule has 0 spiro atoms. The Morgan fingerprint density at radius 1 is 1.26 bits per heavy atom. The van der Waals surface area contributed by atoms with E-state index in [1.54, 1.807) is 6.07 Å². The molecule has 0 atom stereocenters. The third kappa shape index (κ3) is 3.85. The zero-order valence-electron chi connectivity index (χ0n) is 11.8. The van der Waals surface area contributed by atoms with Gasteiger partial charge in [-0.15, -0.1) is 11.8 Å². The van der Waals surface area contributed by atoms with E-state index in [2.05, 4.69) is 10.3 Å². The molecule has 0 aliphatic heterocycles. The highest BCUT2D eigenvalue weighted by Crippen LogP contribution is 2.29. The number of fused-ring (bicyclic) bond motifs is 1. The summed E-state index contributed by atoms with van der Waals surface area (Å²) < 4.78 is 0.793. The molecular weight excluding hydrogens is 334 g/mol. The number of rotatable bonds is 5. The Hall–Kier alpha value is -2.45. The number of nitro groups is 1. The minimum absolute atomic E-state index is 0.0136. The van der Waals surface area contributed by atoms with Crippen molar-refractivity contribution in [2.75, 3.05) is 11.1 Å². The minimum atomic E-state index is -0.465. The normalized spacial score (nSPS) is 10.6. The second kappa shape index (κ2) is 6.76. The number of nitrogens with one attached hydrogen (secondary N) is 1. The number of carbonyl (C=O) groups is 1. The zero-order valence-corrected chi connectivity index (χ0v) is 13.4. The molecule has 6 nitrogen and oxygen atoms in total. The molecule has 0 fully saturated rings. The fraction of sp³-hybridized carbons (Fsp3) is 0.0667. The Kier molecular flexibility index (Phi) is 4.54. The molecule has 0 aliphatic carbocycles. The van der Waals surface area contributed by atoms with Gasteiger partial charge in [0.05, 0.1) is 20.9 Å². The highest BCUT2D eigenvalue weighted by molar-refractivity contribution is 8.00. The summed E-state index contributed by atoms with van der Waals surface area (Å²) in [7, 11) is 0. The summed E-state index contributed by atoms with van der Waals surface area (Å²) in [5.41, 5.74) is 0.496. The van der Waals surface area contributed by atoms with E-state index in [4.69, 9.17) is 0 Å². The van der Waals surface area contributed by atoms with Crippen LogP contribution in [0.5, 0.6) is 0 Å². The lowest BCUT2D eigenvalue weighted by Crippen LogP contribution is -2.13. The van der Waals surface area contributed by atoms with Crippen molar-refractivity contribution < 1.29 is 9.72 Å². The molecule has 0 aliphatic rings. The monoisotopic (exact) mass is 345 g/mol. The summed E-state index contributed by atoms with van der Waals surface area (Å²) >= 11 is 2.73. The largest absolute Gasteiger partial charge is 0.301 e. The number of thiazole rings is 1. The number of hydrogen-bond acceptors (Lipinski definition) is 6. The first-order valence-electron chi connectivity index (χ1n) is 6.64. The zero-order chi connectivity index (χ0) is 16.2. The SMILES string of the molecule is O=C(CSc1ccccc1)Nc1nc2cc([N+](=O)[O-])ccc2s1. The van der Waals surface area contributed by atoms with Crippen molar-refractivity contribution in [3.05, 3.63) is 58.6 Å². The van der Waals surface area contributed by atoms with Crippen molar-refractivity contribution in [2.24, 2.45) is 0 Å². The van der Waals surface area contributed by atoms with E-state index in [1.807, 2.05) is 30.3 Å². The number of amides is 1. The fourth-order valence-corrected chi connectivity index (χ4v) is 3.49. The van der Waals surface area contributed by atoms with Gasteiger partial charge in [-0.2, -0.15) is 0 Å². The van der Waals surface area contributed by atoms with Crippen LogP contribution in [0.25, 0.3) is 10.2 Å². The Morgan fingerprint density at radius 2 is 2.04 bits per heavy atom. The predicted molar refractivity (Wildman–Crippen MR) is 92.1 cm³/mol. The van der Waals surface area contributed by atoms with Crippen LogP contribution in [0.15, 0.2) is 53.4 Å². The first kappa shape index (κ1) is 15.4. The molecule has 1 amide bonds. The van der Waals surface area contributed by atoms with Crippen molar-refractivity contribution >= 4 is 50.0 Å². The van der Waals surface area contributed by atoms with Crippen LogP contribution in [0.4, 0.5) is 10.8 Å². The third-order valence-corrected chi connectivity index (χ3v) is 4.91. The molecule has 1 aromatic heterocycles. The van der Waals surface area contributed by atoms with Crippen LogP contribution >= 0.6 is 23.1 Å². The molecule has 3 aromatic rings. The van der Waals surface area contributed by atoms with Gasteiger partial charge in [0.2, 0.25) is 5.91 Å². The number of non-ortho nitro benzene ring substituents is 1. The molecule has 0 saturated heterocycles. The molecule has 8 heteroatoms. The fourth-order valence-electron chi connectivity index (χ4n) is 1.90. The quantitative estimate of drug-likeness (QED) is 0.430. The molecular formula is C15H11N3O3S2. The molecule has 23 heavy (non-hydrogen) atoms. The Morgan fingerprint density at radius 3 is 2.78 bits per heavy atom. The lowest BCUT2D eigenvalue weighted by Gasteiger charge is -2.01. The van der Waals surface area contributed by atoms with E-state index in [0.717, 1.165) is 9.60 Å². The van der Waals surface area contributed by atoms with Crippen LogP contribution in [0.3, 0.4) is 0 Å². The maximum Gasteiger partial charge on any atom is 0.271 e. The average molecular weight is 345 g/mol. The lowest BCUT2D eigenvalue weighted by molar-refractivity contribution is -0.384. The molecule has 0 unspecified atom stereocenters. The Balaban J connectivity index is 1.66. The van der Waals surface area contributed by atoms with Gasteiger partial charge in [0.1, 0.15) is 0 Å². The average Bonchev–Trinajstić information content (AvgIpc) is 2.95. The number of nitrogens with zero attached hydrogens (tertiary/aromatic N) is 2. The number of hydrogen-bond donors (Lipinski definition) is 1. The molecule has 0 bridgehead atoms. The molecule has 2 aromatic carbocycles. The molecule has 1 heterocycles. The Labute approximate surface area is 139 Å². The van der Waals surface area contributed by atoms with Gasteiger partial charge < -0.3 is 5.32 Å². The van der Waals surface area contributed by atoms with Gasteiger partial charge in [0.15, 0.2) is 5.13 Å². The van der Waals surface area contributed by atoms with Crippen LogP contribution in [0.2, 0.25) is 0 Å². The third-order valence-electron chi connectivity index (χ3n) is 2.94. The van der Waals surface area contributed by atoms with Gasteiger partial charge in [-0.3, -0.25) is 14.9 Å². The number of aromatic nitrogens is 1. The van der Waals surface area contributed by atoms with Crippen molar-refractivity contribution in [3.8, 4) is 0 Å². The van der Waals surface area contributed by atoms with Gasteiger partial charge >= 0.3 is 0 Å². The summed E-state index contributed by atoms with van der Waals surface area (Å²) in [4.78, 5) is 27.5. The van der Waals surface area contributed by atoms with E-state index in [0.29, 0.717) is 10.6 Å². The van der Waals surface area contributed by atoms with Crippen molar-refractivity contribution in [1.29, 1.82) is 0 Å². The number of nitro benzene ring substituents is 1. The van der Waals surface area contributed by atoms with Gasteiger partial charge in [-0.1, -0.05) is 29.5 Å². The Bertz CT molecular complexity index is 865. The summed E-state index contributed by atoms with van der Waals surface area (Å²) in [6.45, 7) is 0. The number of benzene rings is 2. The highest BCUT2D eigenvalue weighted by atomic mass is 32.2. The standard InChI is InChI=1S/C15H11N3O3S2/c19-14(9-22-11-4-2-1-3-5-11)17-15-16-12-8-10(18(20)21)6-7-13(12)23-15/h1-8H,9H2,(H,16,17,19). The van der Waals surface area contributed by atoms with Crippen LogP contribution in [-0.2, 0) is 4.79 Å². The van der Waals surface area contributed by atoms with Gasteiger partial charge in [-0.05, 0) is 18.2 Å². The molecule has 116 valence electrons. The summed E-state index contributed by atoms with van der Waals surface area (Å²) in [5, 5.41) is 13.9. The maximum atomic E-state index is 12.0. The second-order valence-electron chi connectivity index (χ2n) is 4.58. The first-order chi connectivity index (χ1) is 11.1. The van der Waals surface area contributed by atoms with Gasteiger partial charge in [0.25, 0.3) is 5.69 Å². The van der Waals surface area contributed by atoms with Crippen molar-refractivity contribution in [3.63, 3.8) is 0 Å². The summed E-state index contributed by atoms with van der Waals surface area (Å²) in [6.07, 6.45) is 0. The first-order valence-corrected chi connectivity index (χ1v) is 8.45. The number of thioether (sulfide) groups is 1. The number of carbonyl (C=O) groups excluding carboxylic acids is 1. The van der Waals surface area contributed by atoms with Crippen LogP contribution in [0, 0.1) is 10.1 Å². The van der Waals surface area contributed by atoms with E-state index in [-0.39, 0.29) is 17.3 Å². The van der Waals surface area contributed by atoms with E-state index in [9.17, 15) is 14.9 Å². The lowest BCUT2D eigenvalue weighted by atomic mass is 10.3. The van der Waals surface area contributed by atoms with Crippen molar-refractivity contribution in [1.82, 2.24) is 4.98 Å². The number of anilines is 1. The highest BCUT2D eigenvalue weighted by Gasteiger charge is 2.12. The minimum Gasteiger partial charge on any atom is -0.301 e. The van der Waals surface area contributed by atoms with E-state index >= 15 is 0 Å². The molecule has 0 saturated carbocycles. The molecule has 0 radical (unpaired) electrons. The topological polar surface area (TPSA) is 85.1 Å². The molecule has 3 rings (SSSR count). The maximum absolute atomic E-state index is 12.0.